The molecule has 1 N–H and O–H groups in total. The molecule has 1 amide bonds. The van der Waals surface area contributed by atoms with Crippen LogP contribution in [0.15, 0.2) is 18.2 Å². The van der Waals surface area contributed by atoms with Crippen molar-refractivity contribution in [3.8, 4) is 0 Å². The van der Waals surface area contributed by atoms with Crippen LogP contribution >= 0.6 is 0 Å². The first-order valence-electron chi connectivity index (χ1n) is 5.83. The Morgan fingerprint density at radius 1 is 1.32 bits per heavy atom. The molecular formula is C13H15F2NO3. The summed E-state index contributed by atoms with van der Waals surface area (Å²) >= 11 is 0. The van der Waals surface area contributed by atoms with Crippen LogP contribution in [-0.4, -0.2) is 35.0 Å². The van der Waals surface area contributed by atoms with Crippen molar-refractivity contribution in [3.05, 3.63) is 35.4 Å². The molecule has 0 saturated heterocycles. The Kier molecular flexibility index (Phi) is 4.97. The molecule has 1 aromatic rings. The van der Waals surface area contributed by atoms with Crippen LogP contribution in [0, 0.1) is 11.6 Å². The fourth-order valence-corrected chi connectivity index (χ4v) is 1.83. The van der Waals surface area contributed by atoms with Crippen molar-refractivity contribution in [2.24, 2.45) is 0 Å². The molecule has 19 heavy (non-hydrogen) atoms. The van der Waals surface area contributed by atoms with E-state index in [0.29, 0.717) is 0 Å². The van der Waals surface area contributed by atoms with Crippen molar-refractivity contribution in [1.82, 2.24) is 4.90 Å². The summed E-state index contributed by atoms with van der Waals surface area (Å²) in [6, 6.07) is 3.34. The van der Waals surface area contributed by atoms with Crippen LogP contribution in [0.3, 0.4) is 0 Å². The first-order chi connectivity index (χ1) is 8.88. The Morgan fingerprint density at radius 2 is 1.84 bits per heavy atom. The Morgan fingerprint density at radius 3 is 2.26 bits per heavy atom. The van der Waals surface area contributed by atoms with E-state index in [1.165, 1.54) is 13.0 Å². The number of carboxylic acid groups (broad SMARTS) is 1. The van der Waals surface area contributed by atoms with Crippen LogP contribution in [0.4, 0.5) is 8.78 Å². The van der Waals surface area contributed by atoms with Gasteiger partial charge in [-0.1, -0.05) is 6.07 Å². The molecule has 0 aliphatic heterocycles. The molecule has 0 spiro atoms. The van der Waals surface area contributed by atoms with Crippen LogP contribution in [0.1, 0.15) is 25.3 Å². The van der Waals surface area contributed by atoms with Gasteiger partial charge in [0.2, 0.25) is 5.91 Å². The summed E-state index contributed by atoms with van der Waals surface area (Å²) < 4.78 is 27.1. The molecule has 0 aromatic heterocycles. The highest BCUT2D eigenvalue weighted by molar-refractivity contribution is 5.86. The molecule has 6 heteroatoms. The second kappa shape index (κ2) is 6.26. The van der Waals surface area contributed by atoms with Crippen LogP contribution in [0.25, 0.3) is 0 Å². The summed E-state index contributed by atoms with van der Waals surface area (Å²) in [4.78, 5) is 23.7. The second-order valence-corrected chi connectivity index (χ2v) is 4.10. The predicted molar refractivity (Wildman–Crippen MR) is 64.7 cm³/mol. The van der Waals surface area contributed by atoms with Crippen molar-refractivity contribution in [3.63, 3.8) is 0 Å². The van der Waals surface area contributed by atoms with Gasteiger partial charge in [-0.25, -0.2) is 8.78 Å². The standard InChI is InChI=1S/C13H15F2NO3/c1-3-16(7-11(17)18)13(19)8(2)12-9(14)5-4-6-10(12)15/h4-6,8H,3,7H2,1-2H3,(H,17,18). The topological polar surface area (TPSA) is 57.6 Å². The van der Waals surface area contributed by atoms with Gasteiger partial charge in [0.05, 0.1) is 5.92 Å². The van der Waals surface area contributed by atoms with Gasteiger partial charge in [-0.3, -0.25) is 9.59 Å². The highest BCUT2D eigenvalue weighted by Gasteiger charge is 2.27. The lowest BCUT2D eigenvalue weighted by Crippen LogP contribution is -2.38. The number of amides is 1. The molecule has 1 aromatic carbocycles. The lowest BCUT2D eigenvalue weighted by atomic mass is 9.98. The lowest BCUT2D eigenvalue weighted by Gasteiger charge is -2.23. The number of carbonyl (C=O) groups is 2. The third kappa shape index (κ3) is 3.49. The van der Waals surface area contributed by atoms with Crippen molar-refractivity contribution < 1.29 is 23.5 Å². The number of hydrogen-bond acceptors (Lipinski definition) is 2. The number of halogens is 2. The largest absolute Gasteiger partial charge is 0.480 e. The average molecular weight is 271 g/mol. The predicted octanol–water partition coefficient (Wildman–Crippen LogP) is 2.00. The van der Waals surface area contributed by atoms with E-state index in [1.54, 1.807) is 6.92 Å². The molecule has 104 valence electrons. The third-order valence-electron chi connectivity index (χ3n) is 2.82. The average Bonchev–Trinajstić information content (AvgIpc) is 2.34. The molecule has 0 aliphatic rings. The maximum Gasteiger partial charge on any atom is 0.323 e. The summed E-state index contributed by atoms with van der Waals surface area (Å²) in [7, 11) is 0. The Balaban J connectivity index is 3.01. The maximum atomic E-state index is 13.6. The number of likely N-dealkylation sites (N-methyl/N-ethyl adjacent to an activating group) is 1. The van der Waals surface area contributed by atoms with Gasteiger partial charge < -0.3 is 10.0 Å². The van der Waals surface area contributed by atoms with E-state index < -0.39 is 36.0 Å². The fraction of sp³-hybridized carbons (Fsp3) is 0.385. The summed E-state index contributed by atoms with van der Waals surface area (Å²) in [6.45, 7) is 2.63. The van der Waals surface area contributed by atoms with Gasteiger partial charge in [0.15, 0.2) is 0 Å². The Hall–Kier alpha value is -1.98. The molecule has 0 aliphatic carbocycles. The molecule has 0 fully saturated rings. The van der Waals surface area contributed by atoms with Gasteiger partial charge >= 0.3 is 5.97 Å². The van der Waals surface area contributed by atoms with Gasteiger partial charge in [-0.2, -0.15) is 0 Å². The smallest absolute Gasteiger partial charge is 0.323 e. The summed E-state index contributed by atoms with van der Waals surface area (Å²) in [5, 5.41) is 8.68. The minimum atomic E-state index is -1.17. The van der Waals surface area contributed by atoms with Crippen molar-refractivity contribution in [2.75, 3.05) is 13.1 Å². The van der Waals surface area contributed by atoms with Crippen molar-refractivity contribution >= 4 is 11.9 Å². The molecule has 0 radical (unpaired) electrons. The van der Waals surface area contributed by atoms with Gasteiger partial charge in [0, 0.05) is 12.1 Å². The molecule has 0 bridgehead atoms. The number of nitrogens with zero attached hydrogens (tertiary/aromatic N) is 1. The zero-order valence-corrected chi connectivity index (χ0v) is 10.7. The SMILES string of the molecule is CCN(CC(=O)O)C(=O)C(C)c1c(F)cccc1F. The fourth-order valence-electron chi connectivity index (χ4n) is 1.83. The van der Waals surface area contributed by atoms with Crippen molar-refractivity contribution in [2.45, 2.75) is 19.8 Å². The summed E-state index contributed by atoms with van der Waals surface area (Å²) in [5.74, 6) is -4.48. The zero-order valence-electron chi connectivity index (χ0n) is 10.7. The van der Waals surface area contributed by atoms with Gasteiger partial charge in [0.25, 0.3) is 0 Å². The van der Waals surface area contributed by atoms with E-state index in [0.717, 1.165) is 17.0 Å². The Bertz CT molecular complexity index is 471. The van der Waals surface area contributed by atoms with Gasteiger partial charge in [-0.05, 0) is 26.0 Å². The van der Waals surface area contributed by atoms with Gasteiger partial charge in [-0.15, -0.1) is 0 Å². The molecule has 0 saturated carbocycles. The highest BCUT2D eigenvalue weighted by Crippen LogP contribution is 2.24. The van der Waals surface area contributed by atoms with Crippen LogP contribution < -0.4 is 0 Å². The molecule has 4 nitrogen and oxygen atoms in total. The first kappa shape index (κ1) is 15.1. The second-order valence-electron chi connectivity index (χ2n) is 4.10. The monoisotopic (exact) mass is 271 g/mol. The number of aliphatic carboxylic acids is 1. The third-order valence-corrected chi connectivity index (χ3v) is 2.82. The summed E-state index contributed by atoms with van der Waals surface area (Å²) in [6.07, 6.45) is 0. The minimum absolute atomic E-state index is 0.158. The van der Waals surface area contributed by atoms with Crippen LogP contribution in [-0.2, 0) is 9.59 Å². The number of benzene rings is 1. The molecular weight excluding hydrogens is 256 g/mol. The van der Waals surface area contributed by atoms with E-state index in [9.17, 15) is 18.4 Å². The lowest BCUT2D eigenvalue weighted by molar-refractivity contribution is -0.144. The normalized spacial score (nSPS) is 12.0. The van der Waals surface area contributed by atoms with E-state index in [2.05, 4.69) is 0 Å². The number of carbonyl (C=O) groups excluding carboxylic acids is 1. The number of carboxylic acids is 1. The maximum absolute atomic E-state index is 13.6. The number of rotatable bonds is 5. The van der Waals surface area contributed by atoms with Crippen LogP contribution in [0.2, 0.25) is 0 Å². The zero-order chi connectivity index (χ0) is 14.6. The number of hydrogen-bond donors (Lipinski definition) is 1. The van der Waals surface area contributed by atoms with E-state index in [1.807, 2.05) is 0 Å². The van der Waals surface area contributed by atoms with Crippen LogP contribution in [0.5, 0.6) is 0 Å². The minimum Gasteiger partial charge on any atom is -0.480 e. The quantitative estimate of drug-likeness (QED) is 0.891. The molecule has 1 atom stereocenters. The first-order valence-corrected chi connectivity index (χ1v) is 5.83. The Labute approximate surface area is 109 Å². The van der Waals surface area contributed by atoms with Gasteiger partial charge in [0.1, 0.15) is 18.2 Å². The molecule has 0 heterocycles. The molecule has 1 unspecified atom stereocenters. The van der Waals surface area contributed by atoms with E-state index in [-0.39, 0.29) is 12.1 Å². The molecule has 1 rings (SSSR count). The van der Waals surface area contributed by atoms with E-state index in [4.69, 9.17) is 5.11 Å². The van der Waals surface area contributed by atoms with E-state index >= 15 is 0 Å². The van der Waals surface area contributed by atoms with Crippen molar-refractivity contribution in [1.29, 1.82) is 0 Å². The highest BCUT2D eigenvalue weighted by atomic mass is 19.1. The summed E-state index contributed by atoms with van der Waals surface area (Å²) in [5.41, 5.74) is -0.337.